The highest BCUT2D eigenvalue weighted by Crippen LogP contribution is 2.38. The fourth-order valence-corrected chi connectivity index (χ4v) is 2.53. The van der Waals surface area contributed by atoms with Crippen LogP contribution in [0.2, 0.25) is 0 Å². The highest BCUT2D eigenvalue weighted by atomic mass is 32.1. The van der Waals surface area contributed by atoms with Gasteiger partial charge in [-0.2, -0.15) is 13.2 Å². The Morgan fingerprint density at radius 2 is 2.06 bits per heavy atom. The maximum Gasteiger partial charge on any atom is 0.417 e. The number of nitrogens with zero attached hydrogens (tertiary/aromatic N) is 1. The zero-order valence-corrected chi connectivity index (χ0v) is 11.2. The minimum Gasteiger partial charge on any atom is -0.393 e. The first-order chi connectivity index (χ1) is 8.16. The van der Waals surface area contributed by atoms with Crippen molar-refractivity contribution in [1.82, 2.24) is 4.90 Å². The summed E-state index contributed by atoms with van der Waals surface area (Å²) in [6, 6.07) is 0.0121. The molecule has 1 heterocycles. The number of likely N-dealkylation sites (tertiary alicyclic amines) is 1. The van der Waals surface area contributed by atoms with E-state index >= 15 is 0 Å². The highest BCUT2D eigenvalue weighted by molar-refractivity contribution is 7.80. The van der Waals surface area contributed by atoms with Gasteiger partial charge in [0.2, 0.25) is 0 Å². The summed E-state index contributed by atoms with van der Waals surface area (Å²) in [6.45, 7) is 2.62. The number of rotatable bonds is 3. The van der Waals surface area contributed by atoms with E-state index in [-0.39, 0.29) is 25.4 Å². The number of halogens is 3. The lowest BCUT2D eigenvalue weighted by molar-refractivity contribution is -0.263. The van der Waals surface area contributed by atoms with Crippen molar-refractivity contribution >= 4 is 17.2 Å². The Balaban J connectivity index is 2.64. The van der Waals surface area contributed by atoms with Crippen LogP contribution in [0.5, 0.6) is 0 Å². The van der Waals surface area contributed by atoms with Gasteiger partial charge in [0, 0.05) is 19.0 Å². The highest BCUT2D eigenvalue weighted by Gasteiger charge is 2.53. The van der Waals surface area contributed by atoms with Crippen LogP contribution in [0.3, 0.4) is 0 Å². The third kappa shape index (κ3) is 3.80. The van der Waals surface area contributed by atoms with Crippen LogP contribution in [0, 0.1) is 0 Å². The first-order valence-corrected chi connectivity index (χ1v) is 6.38. The number of thiocarbonyl (C=S) groups is 1. The molecule has 1 saturated heterocycles. The summed E-state index contributed by atoms with van der Waals surface area (Å²) in [6.07, 6.45) is -4.29. The van der Waals surface area contributed by atoms with Crippen LogP contribution in [-0.4, -0.2) is 45.9 Å². The van der Waals surface area contributed by atoms with Crippen LogP contribution in [0.25, 0.3) is 0 Å². The average Bonchev–Trinajstić information content (AvgIpc) is 2.39. The van der Waals surface area contributed by atoms with E-state index in [9.17, 15) is 18.3 Å². The van der Waals surface area contributed by atoms with Gasteiger partial charge in [-0.05, 0) is 32.7 Å². The Morgan fingerprint density at radius 1 is 1.44 bits per heavy atom. The first kappa shape index (κ1) is 15.7. The maximum absolute atomic E-state index is 12.7. The van der Waals surface area contributed by atoms with E-state index in [0.29, 0.717) is 24.4 Å². The minimum absolute atomic E-state index is 0.0121. The molecule has 3 nitrogen and oxygen atoms in total. The Bertz CT molecular complexity index is 311. The zero-order valence-electron chi connectivity index (χ0n) is 10.3. The quantitative estimate of drug-likeness (QED) is 0.776. The summed E-state index contributed by atoms with van der Waals surface area (Å²) in [7, 11) is 0. The molecule has 3 N–H and O–H groups in total. The number of hydrogen-bond donors (Lipinski definition) is 2. The predicted octanol–water partition coefficient (Wildman–Crippen LogP) is 1.83. The molecule has 0 amide bonds. The maximum atomic E-state index is 12.7. The summed E-state index contributed by atoms with van der Waals surface area (Å²) in [5, 5.41) is 9.67. The number of alkyl halides is 3. The Labute approximate surface area is 110 Å². The lowest BCUT2D eigenvalue weighted by Crippen LogP contribution is -2.46. The molecule has 0 saturated carbocycles. The van der Waals surface area contributed by atoms with E-state index < -0.39 is 11.8 Å². The number of aliphatic hydroxyl groups is 1. The average molecular weight is 284 g/mol. The van der Waals surface area contributed by atoms with Gasteiger partial charge in [-0.3, -0.25) is 0 Å². The van der Waals surface area contributed by atoms with Crippen molar-refractivity contribution in [1.29, 1.82) is 0 Å². The predicted molar refractivity (Wildman–Crippen MR) is 67.3 cm³/mol. The monoisotopic (exact) mass is 284 g/mol. The van der Waals surface area contributed by atoms with Gasteiger partial charge in [-0.1, -0.05) is 12.2 Å². The fraction of sp³-hybridized carbons (Fsp3) is 0.909. The second kappa shape index (κ2) is 5.71. The van der Waals surface area contributed by atoms with Crippen molar-refractivity contribution in [3.8, 4) is 0 Å². The lowest BCUT2D eigenvalue weighted by Gasteiger charge is -2.30. The molecule has 0 aromatic heterocycles. The van der Waals surface area contributed by atoms with E-state index in [2.05, 4.69) is 0 Å². The molecule has 0 aromatic carbocycles. The summed E-state index contributed by atoms with van der Waals surface area (Å²) < 4.78 is 38.2. The molecule has 0 spiro atoms. The van der Waals surface area contributed by atoms with E-state index in [4.69, 9.17) is 18.0 Å². The molecular formula is C11H19F3N2OS. The topological polar surface area (TPSA) is 49.5 Å². The Morgan fingerprint density at radius 3 is 2.56 bits per heavy atom. The SMILES string of the molecule is CC(CC(N)=S)N1CCCC(O)(C(F)(F)F)CC1. The minimum atomic E-state index is -4.56. The lowest BCUT2D eigenvalue weighted by atomic mass is 9.94. The van der Waals surface area contributed by atoms with Crippen molar-refractivity contribution in [2.24, 2.45) is 5.73 Å². The molecule has 7 heteroatoms. The molecule has 1 fully saturated rings. The van der Waals surface area contributed by atoms with Crippen molar-refractivity contribution < 1.29 is 18.3 Å². The summed E-state index contributed by atoms with van der Waals surface area (Å²) in [5.74, 6) is 0. The summed E-state index contributed by atoms with van der Waals surface area (Å²) in [4.78, 5) is 2.26. The summed E-state index contributed by atoms with van der Waals surface area (Å²) >= 11 is 4.80. The van der Waals surface area contributed by atoms with Gasteiger partial charge in [0.05, 0.1) is 4.99 Å². The fourth-order valence-electron chi connectivity index (χ4n) is 2.28. The van der Waals surface area contributed by atoms with Crippen LogP contribution < -0.4 is 5.73 Å². The molecule has 0 aliphatic carbocycles. The number of hydrogen-bond acceptors (Lipinski definition) is 3. The third-order valence-corrected chi connectivity index (χ3v) is 3.66. The molecule has 2 atom stereocenters. The van der Waals surface area contributed by atoms with Gasteiger partial charge in [-0.25, -0.2) is 0 Å². The molecule has 0 aromatic rings. The normalized spacial score (nSPS) is 28.7. The van der Waals surface area contributed by atoms with E-state index in [1.807, 2.05) is 11.8 Å². The Hall–Kier alpha value is -0.400. The molecule has 1 aliphatic heterocycles. The van der Waals surface area contributed by atoms with Crippen molar-refractivity contribution in [3.05, 3.63) is 0 Å². The zero-order chi connectivity index (χ0) is 14.0. The Kier molecular flexibility index (Phi) is 4.97. The molecule has 0 radical (unpaired) electrons. The molecule has 1 aliphatic rings. The van der Waals surface area contributed by atoms with Gasteiger partial charge in [0.15, 0.2) is 5.60 Å². The third-order valence-electron chi connectivity index (χ3n) is 3.50. The van der Waals surface area contributed by atoms with E-state index in [1.165, 1.54) is 0 Å². The van der Waals surface area contributed by atoms with Crippen LogP contribution in [-0.2, 0) is 0 Å². The summed E-state index contributed by atoms with van der Waals surface area (Å²) in [5.41, 5.74) is 2.89. The van der Waals surface area contributed by atoms with Gasteiger partial charge in [-0.15, -0.1) is 0 Å². The van der Waals surface area contributed by atoms with Crippen LogP contribution in [0.1, 0.15) is 32.6 Å². The van der Waals surface area contributed by atoms with Gasteiger partial charge >= 0.3 is 6.18 Å². The number of nitrogens with two attached hydrogens (primary N) is 1. The molecular weight excluding hydrogens is 265 g/mol. The van der Waals surface area contributed by atoms with E-state index in [0.717, 1.165) is 0 Å². The van der Waals surface area contributed by atoms with Crippen LogP contribution in [0.15, 0.2) is 0 Å². The standard InChI is InChI=1S/C11H19F3N2OS/c1-8(7-9(15)18)16-5-2-3-10(17,4-6-16)11(12,13)14/h8,17H,2-7H2,1H3,(H2,15,18). The van der Waals surface area contributed by atoms with Crippen LogP contribution >= 0.6 is 12.2 Å². The van der Waals surface area contributed by atoms with Crippen molar-refractivity contribution in [2.75, 3.05) is 13.1 Å². The molecule has 106 valence electrons. The van der Waals surface area contributed by atoms with Gasteiger partial charge < -0.3 is 15.7 Å². The molecule has 1 rings (SSSR count). The molecule has 18 heavy (non-hydrogen) atoms. The van der Waals surface area contributed by atoms with Crippen molar-refractivity contribution in [3.63, 3.8) is 0 Å². The van der Waals surface area contributed by atoms with Gasteiger partial charge in [0.25, 0.3) is 0 Å². The first-order valence-electron chi connectivity index (χ1n) is 5.97. The molecule has 0 bridgehead atoms. The second-order valence-electron chi connectivity index (χ2n) is 4.94. The second-order valence-corrected chi connectivity index (χ2v) is 5.46. The van der Waals surface area contributed by atoms with Crippen LogP contribution in [0.4, 0.5) is 13.2 Å². The van der Waals surface area contributed by atoms with Crippen molar-refractivity contribution in [2.45, 2.75) is 50.4 Å². The largest absolute Gasteiger partial charge is 0.417 e. The smallest absolute Gasteiger partial charge is 0.393 e. The molecule has 2 unspecified atom stereocenters. The van der Waals surface area contributed by atoms with Gasteiger partial charge in [0.1, 0.15) is 0 Å². The van der Waals surface area contributed by atoms with E-state index in [1.54, 1.807) is 0 Å².